The van der Waals surface area contributed by atoms with Gasteiger partial charge >= 0.3 is 6.09 Å². The first-order valence-corrected chi connectivity index (χ1v) is 12.8. The molecule has 0 saturated carbocycles. The van der Waals surface area contributed by atoms with Gasteiger partial charge in [-0.05, 0) is 43.9 Å². The van der Waals surface area contributed by atoms with Crippen LogP contribution in [0, 0.1) is 0 Å². The number of pyridine rings is 1. The van der Waals surface area contributed by atoms with Gasteiger partial charge in [0.05, 0.1) is 13.2 Å². The summed E-state index contributed by atoms with van der Waals surface area (Å²) in [5.41, 5.74) is 8.82. The highest BCUT2D eigenvalue weighted by Crippen LogP contribution is 2.39. The van der Waals surface area contributed by atoms with Crippen LogP contribution in [0.25, 0.3) is 0 Å². The Morgan fingerprint density at radius 2 is 2.00 bits per heavy atom. The summed E-state index contributed by atoms with van der Waals surface area (Å²) in [5.74, 6) is 2.64. The fourth-order valence-corrected chi connectivity index (χ4v) is 5.60. The van der Waals surface area contributed by atoms with Crippen LogP contribution in [0.1, 0.15) is 48.8 Å². The van der Waals surface area contributed by atoms with Gasteiger partial charge in [-0.3, -0.25) is 10.9 Å². The second-order valence-electron chi connectivity index (χ2n) is 9.82. The fraction of sp³-hybridized carbons (Fsp3) is 0.538. The zero-order valence-electron chi connectivity index (χ0n) is 19.9. The van der Waals surface area contributed by atoms with Gasteiger partial charge in [-0.2, -0.15) is 0 Å². The molecule has 3 saturated heterocycles. The third-order valence-corrected chi connectivity index (χ3v) is 7.67. The molecule has 35 heavy (non-hydrogen) atoms. The average Bonchev–Trinajstić information content (AvgIpc) is 3.65. The van der Waals surface area contributed by atoms with Gasteiger partial charge in [0.15, 0.2) is 0 Å². The molecule has 3 fully saturated rings. The van der Waals surface area contributed by atoms with E-state index < -0.39 is 0 Å². The quantitative estimate of drug-likeness (QED) is 0.626. The van der Waals surface area contributed by atoms with E-state index in [1.165, 1.54) is 5.56 Å². The number of carbonyl (C=O) groups is 1. The lowest BCUT2D eigenvalue weighted by Crippen LogP contribution is -2.45. The van der Waals surface area contributed by atoms with E-state index in [1.807, 2.05) is 29.3 Å². The number of fused-ring (bicyclic) bond motifs is 1. The summed E-state index contributed by atoms with van der Waals surface area (Å²) in [5, 5.41) is 0. The minimum absolute atomic E-state index is 0.141. The van der Waals surface area contributed by atoms with Crippen molar-refractivity contribution < 1.29 is 19.0 Å². The van der Waals surface area contributed by atoms with Crippen LogP contribution in [0.2, 0.25) is 0 Å². The Morgan fingerprint density at radius 3 is 2.74 bits per heavy atom. The molecule has 9 nitrogen and oxygen atoms in total. The van der Waals surface area contributed by atoms with Crippen LogP contribution >= 0.6 is 0 Å². The maximum Gasteiger partial charge on any atom is 0.410 e. The third kappa shape index (κ3) is 4.94. The van der Waals surface area contributed by atoms with Crippen molar-refractivity contribution in [3.8, 4) is 17.4 Å². The summed E-state index contributed by atoms with van der Waals surface area (Å²) in [6.45, 7) is 6.05. The molecule has 4 aliphatic heterocycles. The van der Waals surface area contributed by atoms with Crippen LogP contribution in [-0.4, -0.2) is 72.9 Å². The van der Waals surface area contributed by atoms with Gasteiger partial charge in [-0.25, -0.2) is 9.78 Å². The normalized spacial score (nSPS) is 24.9. The number of likely N-dealkylation sites (tertiary alicyclic amines) is 1. The molecule has 2 N–H and O–H groups in total. The number of cyclic esters (lactones) is 1. The topological polar surface area (TPSA) is 88.2 Å². The highest BCUT2D eigenvalue weighted by Gasteiger charge is 2.32. The Bertz CT molecular complexity index is 1030. The molecule has 1 amide bonds. The maximum atomic E-state index is 11.8. The second kappa shape index (κ2) is 10.0. The molecule has 0 aliphatic carbocycles. The van der Waals surface area contributed by atoms with Crippen LogP contribution in [0.3, 0.4) is 0 Å². The molecule has 1 aromatic carbocycles. The van der Waals surface area contributed by atoms with E-state index >= 15 is 0 Å². The Morgan fingerprint density at radius 1 is 1.09 bits per heavy atom. The Balaban J connectivity index is 0.998. The van der Waals surface area contributed by atoms with Crippen LogP contribution in [0.15, 0.2) is 36.5 Å². The fourth-order valence-electron chi connectivity index (χ4n) is 5.60. The zero-order chi connectivity index (χ0) is 23.6. The molecule has 186 valence electrons. The largest absolute Gasteiger partial charge is 0.493 e. The number of hydrogen-bond acceptors (Lipinski definition) is 8. The molecule has 9 heteroatoms. The number of benzene rings is 1. The minimum Gasteiger partial charge on any atom is -0.493 e. The first-order valence-electron chi connectivity index (χ1n) is 12.8. The summed E-state index contributed by atoms with van der Waals surface area (Å²) in [6, 6.07) is 10.7. The average molecular weight is 480 g/mol. The van der Waals surface area contributed by atoms with Gasteiger partial charge in [0.25, 0.3) is 0 Å². The molecule has 0 spiro atoms. The molecule has 2 unspecified atom stereocenters. The third-order valence-electron chi connectivity index (χ3n) is 7.67. The first-order chi connectivity index (χ1) is 17.2. The maximum absolute atomic E-state index is 11.8. The van der Waals surface area contributed by atoms with Gasteiger partial charge in [0, 0.05) is 61.5 Å². The summed E-state index contributed by atoms with van der Waals surface area (Å²) in [4.78, 5) is 20.7. The molecule has 2 atom stereocenters. The summed E-state index contributed by atoms with van der Waals surface area (Å²) in [6.07, 6.45) is 5.90. The summed E-state index contributed by atoms with van der Waals surface area (Å²) in [7, 11) is 0. The minimum atomic E-state index is -0.141. The van der Waals surface area contributed by atoms with Gasteiger partial charge in [0.1, 0.15) is 18.1 Å². The molecule has 2 aromatic rings. The summed E-state index contributed by atoms with van der Waals surface area (Å²) < 4.78 is 17.1. The van der Waals surface area contributed by atoms with E-state index in [0.717, 1.165) is 75.5 Å². The number of aromatic nitrogens is 1. The lowest BCUT2D eigenvalue weighted by molar-refractivity contribution is 0.116. The molecule has 4 aliphatic rings. The van der Waals surface area contributed by atoms with Crippen molar-refractivity contribution in [1.29, 1.82) is 0 Å². The van der Waals surface area contributed by atoms with Crippen LogP contribution < -0.4 is 20.3 Å². The predicted octanol–water partition coefficient (Wildman–Crippen LogP) is 3.20. The van der Waals surface area contributed by atoms with Crippen LogP contribution in [-0.2, 0) is 4.74 Å². The first kappa shape index (κ1) is 22.6. The smallest absolute Gasteiger partial charge is 0.410 e. The number of carbonyl (C=O) groups excluding carboxylic acids is 1. The highest BCUT2D eigenvalue weighted by atomic mass is 16.6. The van der Waals surface area contributed by atoms with E-state index in [-0.39, 0.29) is 6.09 Å². The molecular weight excluding hydrogens is 446 g/mol. The van der Waals surface area contributed by atoms with Gasteiger partial charge < -0.3 is 24.0 Å². The van der Waals surface area contributed by atoms with Crippen molar-refractivity contribution in [1.82, 2.24) is 25.6 Å². The summed E-state index contributed by atoms with van der Waals surface area (Å²) >= 11 is 0. The lowest BCUT2D eigenvalue weighted by atomic mass is 9.96. The van der Waals surface area contributed by atoms with Gasteiger partial charge in [-0.15, -0.1) is 0 Å². The van der Waals surface area contributed by atoms with Crippen molar-refractivity contribution in [2.45, 2.75) is 43.7 Å². The number of ether oxygens (including phenoxy) is 3. The van der Waals surface area contributed by atoms with Crippen molar-refractivity contribution >= 4 is 6.09 Å². The van der Waals surface area contributed by atoms with Crippen LogP contribution in [0.4, 0.5) is 4.79 Å². The lowest BCUT2D eigenvalue weighted by Gasteiger charge is -2.35. The van der Waals surface area contributed by atoms with Crippen molar-refractivity contribution in [3.05, 3.63) is 47.7 Å². The second-order valence-corrected chi connectivity index (χ2v) is 9.82. The van der Waals surface area contributed by atoms with E-state index in [4.69, 9.17) is 14.2 Å². The standard InChI is InChI=1S/C26H33N5O4/c32-26-31(13-14-33-26)20-7-11-30(12-8-20)10-6-19-17-34-24-15-21(2-3-22(19)24)35-25-4-1-18(16-27-25)23-5-9-28-29-23/h1-4,15-16,19-20,23,28-29H,5-14,17H2. The monoisotopic (exact) mass is 479 g/mol. The molecule has 6 rings (SSSR count). The van der Waals surface area contributed by atoms with Crippen molar-refractivity contribution in [3.63, 3.8) is 0 Å². The molecular formula is C26H33N5O4. The Labute approximate surface area is 205 Å². The predicted molar refractivity (Wildman–Crippen MR) is 130 cm³/mol. The molecule has 5 heterocycles. The number of nitrogens with one attached hydrogen (secondary N) is 2. The number of piperidine rings is 1. The van der Waals surface area contributed by atoms with E-state index in [0.29, 0.717) is 37.1 Å². The Kier molecular flexibility index (Phi) is 6.45. The zero-order valence-corrected chi connectivity index (χ0v) is 19.9. The highest BCUT2D eigenvalue weighted by molar-refractivity contribution is 5.69. The van der Waals surface area contributed by atoms with Crippen molar-refractivity contribution in [2.75, 3.05) is 45.9 Å². The van der Waals surface area contributed by atoms with E-state index in [2.05, 4.69) is 32.9 Å². The van der Waals surface area contributed by atoms with Gasteiger partial charge in [0.2, 0.25) is 5.88 Å². The SMILES string of the molecule is O=C1OCCN1C1CCN(CCC2COc3cc(Oc4ccc(C5CCNN5)cn4)ccc32)CC1. The van der Waals surface area contributed by atoms with E-state index in [9.17, 15) is 4.79 Å². The number of hydrazine groups is 1. The van der Waals surface area contributed by atoms with E-state index in [1.54, 1.807) is 0 Å². The number of rotatable bonds is 7. The molecule has 0 bridgehead atoms. The van der Waals surface area contributed by atoms with Gasteiger partial charge in [-0.1, -0.05) is 12.1 Å². The number of hydrogen-bond donors (Lipinski definition) is 2. The molecule has 0 radical (unpaired) electrons. The number of nitrogens with zero attached hydrogens (tertiary/aromatic N) is 3. The molecule has 1 aromatic heterocycles. The van der Waals surface area contributed by atoms with Crippen LogP contribution in [0.5, 0.6) is 17.4 Å². The Hall–Kier alpha value is -2.88. The van der Waals surface area contributed by atoms with Crippen molar-refractivity contribution in [2.24, 2.45) is 0 Å². The number of amides is 1.